The molecule has 146 valence electrons. The lowest BCUT2D eigenvalue weighted by atomic mass is 10.2. The maximum atomic E-state index is 13.0. The maximum Gasteiger partial charge on any atom is 0.276 e. The molecule has 0 saturated carbocycles. The summed E-state index contributed by atoms with van der Waals surface area (Å²) in [6.45, 7) is 2.89. The number of nitrogens with zero attached hydrogens (tertiary/aromatic N) is 1. The van der Waals surface area contributed by atoms with Gasteiger partial charge in [0.25, 0.3) is 5.91 Å². The van der Waals surface area contributed by atoms with E-state index < -0.39 is 0 Å². The summed E-state index contributed by atoms with van der Waals surface area (Å²) in [5, 5.41) is 3.39. The van der Waals surface area contributed by atoms with Crippen molar-refractivity contribution in [1.82, 2.24) is 10.2 Å². The lowest BCUT2D eigenvalue weighted by molar-refractivity contribution is -0.122. The Morgan fingerprint density at radius 2 is 1.86 bits per heavy atom. The van der Waals surface area contributed by atoms with Crippen molar-refractivity contribution in [2.24, 2.45) is 0 Å². The van der Waals surface area contributed by atoms with E-state index in [0.29, 0.717) is 29.7 Å². The Morgan fingerprint density at radius 3 is 2.46 bits per heavy atom. The number of hydrogen-bond donors (Lipinski definition) is 1. The highest BCUT2D eigenvalue weighted by Gasteiger charge is 2.29. The fraction of sp³-hybridized carbons (Fsp3) is 0.200. The standard InChI is InChI=1S/C20H17Br2FN2O2S/c1-2-7-25-19(26)17(24-20(25)28)10-13-8-15(21)18(16(22)9-13)27-11-12-3-5-14(23)6-4-12/h3-6,8-10H,2,7,11H2,1H3,(H,24,28)/b17-10-. The number of amides is 1. The average Bonchev–Trinajstić information content (AvgIpc) is 2.90. The first-order valence-electron chi connectivity index (χ1n) is 8.60. The van der Waals surface area contributed by atoms with Crippen LogP contribution in [0.15, 0.2) is 51.0 Å². The van der Waals surface area contributed by atoms with Crippen molar-refractivity contribution in [3.8, 4) is 5.75 Å². The topological polar surface area (TPSA) is 41.6 Å². The lowest BCUT2D eigenvalue weighted by Crippen LogP contribution is -2.31. The Morgan fingerprint density at radius 1 is 1.21 bits per heavy atom. The first-order valence-corrected chi connectivity index (χ1v) is 10.6. The Balaban J connectivity index is 1.77. The quantitative estimate of drug-likeness (QED) is 0.403. The summed E-state index contributed by atoms with van der Waals surface area (Å²) in [7, 11) is 0. The number of rotatable bonds is 6. The summed E-state index contributed by atoms with van der Waals surface area (Å²) >= 11 is 12.2. The second-order valence-electron chi connectivity index (χ2n) is 6.17. The zero-order chi connectivity index (χ0) is 20.3. The SMILES string of the molecule is CCCN1C(=O)/C(=C/c2cc(Br)c(OCc3ccc(F)cc3)c(Br)c2)NC1=S. The van der Waals surface area contributed by atoms with Gasteiger partial charge in [-0.3, -0.25) is 9.69 Å². The van der Waals surface area contributed by atoms with E-state index in [9.17, 15) is 9.18 Å². The number of nitrogens with one attached hydrogen (secondary N) is 1. The number of hydrogen-bond acceptors (Lipinski definition) is 3. The molecule has 2 aromatic carbocycles. The molecule has 1 amide bonds. The van der Waals surface area contributed by atoms with Crippen molar-refractivity contribution in [2.75, 3.05) is 6.54 Å². The Labute approximate surface area is 185 Å². The second kappa shape index (κ2) is 9.15. The van der Waals surface area contributed by atoms with E-state index in [1.165, 1.54) is 12.1 Å². The van der Waals surface area contributed by atoms with Crippen LogP contribution in [-0.4, -0.2) is 22.5 Å². The van der Waals surface area contributed by atoms with Crippen molar-refractivity contribution in [3.63, 3.8) is 0 Å². The summed E-state index contributed by atoms with van der Waals surface area (Å²) in [6.07, 6.45) is 2.58. The molecule has 2 aromatic rings. The molecular weight excluding hydrogens is 511 g/mol. The van der Waals surface area contributed by atoms with Crippen LogP contribution in [0.4, 0.5) is 4.39 Å². The average molecular weight is 528 g/mol. The van der Waals surface area contributed by atoms with Gasteiger partial charge in [0, 0.05) is 6.54 Å². The molecule has 1 fully saturated rings. The lowest BCUT2D eigenvalue weighted by Gasteiger charge is -2.12. The van der Waals surface area contributed by atoms with Gasteiger partial charge < -0.3 is 10.1 Å². The molecule has 28 heavy (non-hydrogen) atoms. The van der Waals surface area contributed by atoms with E-state index in [0.717, 1.165) is 26.5 Å². The Kier molecular flexibility index (Phi) is 6.85. The van der Waals surface area contributed by atoms with Crippen molar-refractivity contribution in [3.05, 3.63) is 68.0 Å². The van der Waals surface area contributed by atoms with E-state index in [1.54, 1.807) is 23.1 Å². The number of carbonyl (C=O) groups is 1. The molecule has 1 heterocycles. The highest BCUT2D eigenvalue weighted by atomic mass is 79.9. The summed E-state index contributed by atoms with van der Waals surface area (Å²) in [4.78, 5) is 14.0. The zero-order valence-electron chi connectivity index (χ0n) is 15.0. The van der Waals surface area contributed by atoms with Gasteiger partial charge in [-0.1, -0.05) is 19.1 Å². The van der Waals surface area contributed by atoms with Crippen LogP contribution in [-0.2, 0) is 11.4 Å². The Bertz CT molecular complexity index is 925. The number of ether oxygens (including phenoxy) is 1. The zero-order valence-corrected chi connectivity index (χ0v) is 19.0. The number of carbonyl (C=O) groups excluding carboxylic acids is 1. The molecule has 0 unspecified atom stereocenters. The third-order valence-corrected chi connectivity index (χ3v) is 5.54. The first kappa shape index (κ1) is 21.0. The smallest absolute Gasteiger partial charge is 0.276 e. The van der Waals surface area contributed by atoms with Crippen molar-refractivity contribution in [2.45, 2.75) is 20.0 Å². The van der Waals surface area contributed by atoms with Crippen molar-refractivity contribution >= 4 is 61.2 Å². The number of thiocarbonyl (C=S) groups is 1. The van der Waals surface area contributed by atoms with E-state index in [2.05, 4.69) is 37.2 Å². The highest BCUT2D eigenvalue weighted by Crippen LogP contribution is 2.36. The molecule has 4 nitrogen and oxygen atoms in total. The van der Waals surface area contributed by atoms with Gasteiger partial charge in [0.05, 0.1) is 8.95 Å². The van der Waals surface area contributed by atoms with Gasteiger partial charge in [0.2, 0.25) is 0 Å². The monoisotopic (exact) mass is 526 g/mol. The molecule has 8 heteroatoms. The molecule has 3 rings (SSSR count). The van der Waals surface area contributed by atoms with Crippen molar-refractivity contribution in [1.29, 1.82) is 0 Å². The normalized spacial score (nSPS) is 15.3. The third-order valence-electron chi connectivity index (χ3n) is 4.04. The van der Waals surface area contributed by atoms with E-state index in [1.807, 2.05) is 19.1 Å². The molecule has 1 aliphatic heterocycles. The molecular formula is C20H17Br2FN2O2S. The van der Waals surface area contributed by atoms with Crippen LogP contribution in [0.2, 0.25) is 0 Å². The van der Waals surface area contributed by atoms with Crippen LogP contribution >= 0.6 is 44.1 Å². The molecule has 1 aliphatic rings. The first-order chi connectivity index (χ1) is 13.4. The van der Waals surface area contributed by atoms with Crippen LogP contribution < -0.4 is 10.1 Å². The molecule has 0 aliphatic carbocycles. The predicted octanol–water partition coefficient (Wildman–Crippen LogP) is 5.40. The van der Waals surface area contributed by atoms with E-state index in [4.69, 9.17) is 17.0 Å². The molecule has 0 spiro atoms. The van der Waals surface area contributed by atoms with Crippen LogP contribution in [0.25, 0.3) is 6.08 Å². The minimum atomic E-state index is -0.282. The number of halogens is 3. The van der Waals surface area contributed by atoms with Gasteiger partial charge in [0.15, 0.2) is 5.11 Å². The van der Waals surface area contributed by atoms with Gasteiger partial charge in [-0.25, -0.2) is 4.39 Å². The van der Waals surface area contributed by atoms with Gasteiger partial charge in [-0.15, -0.1) is 0 Å². The molecule has 0 aromatic heterocycles. The van der Waals surface area contributed by atoms with Gasteiger partial charge in [-0.05, 0) is 92.0 Å². The van der Waals surface area contributed by atoms with Crippen LogP contribution in [0.3, 0.4) is 0 Å². The Hall–Kier alpha value is -1.77. The van der Waals surface area contributed by atoms with Crippen LogP contribution in [0, 0.1) is 5.82 Å². The fourth-order valence-electron chi connectivity index (χ4n) is 2.70. The molecule has 0 bridgehead atoms. The predicted molar refractivity (Wildman–Crippen MR) is 118 cm³/mol. The van der Waals surface area contributed by atoms with Crippen LogP contribution in [0.5, 0.6) is 5.75 Å². The van der Waals surface area contributed by atoms with Crippen LogP contribution in [0.1, 0.15) is 24.5 Å². The molecule has 1 saturated heterocycles. The van der Waals surface area contributed by atoms with Gasteiger partial charge in [-0.2, -0.15) is 0 Å². The van der Waals surface area contributed by atoms with Crippen molar-refractivity contribution < 1.29 is 13.9 Å². The fourth-order valence-corrected chi connectivity index (χ4v) is 4.44. The molecule has 0 atom stereocenters. The summed E-state index contributed by atoms with van der Waals surface area (Å²) in [5.74, 6) is 0.214. The summed E-state index contributed by atoms with van der Waals surface area (Å²) in [6, 6.07) is 9.87. The molecule has 0 radical (unpaired) electrons. The van der Waals surface area contributed by atoms with E-state index >= 15 is 0 Å². The van der Waals surface area contributed by atoms with Gasteiger partial charge in [0.1, 0.15) is 23.9 Å². The minimum Gasteiger partial charge on any atom is -0.487 e. The summed E-state index contributed by atoms with van der Waals surface area (Å²) in [5.41, 5.74) is 2.11. The largest absolute Gasteiger partial charge is 0.487 e. The van der Waals surface area contributed by atoms with E-state index in [-0.39, 0.29) is 11.7 Å². The maximum absolute atomic E-state index is 13.0. The second-order valence-corrected chi connectivity index (χ2v) is 8.27. The van der Waals surface area contributed by atoms with Gasteiger partial charge >= 0.3 is 0 Å². The highest BCUT2D eigenvalue weighted by molar-refractivity contribution is 9.11. The minimum absolute atomic E-state index is 0.129. The number of benzene rings is 2. The third kappa shape index (κ3) is 4.79. The molecule has 1 N–H and O–H groups in total. The summed E-state index contributed by atoms with van der Waals surface area (Å²) < 4.78 is 20.3.